The normalized spacial score (nSPS) is 11.7. The van der Waals surface area contributed by atoms with Crippen LogP contribution in [-0.4, -0.2) is 20.0 Å². The number of ketones is 1. The molecule has 176 valence electrons. The summed E-state index contributed by atoms with van der Waals surface area (Å²) in [5.41, 5.74) is 2.98. The summed E-state index contributed by atoms with van der Waals surface area (Å²) < 4.78 is 48.7. The standard InChI is InChI=1S/C27H24F3NO3/c1-18-15-20(17-25(33-2)26(18)34-3)8-7-19-5-4-6-23(16-19)31-14-13-24(32)21-9-11-22(12-10-21)27(28,29)30/h4-17,31H,1-3H3/b8-7-,14-13-. The molecule has 0 saturated heterocycles. The maximum Gasteiger partial charge on any atom is 0.416 e. The molecule has 4 nitrogen and oxygen atoms in total. The van der Waals surface area contributed by atoms with Crippen molar-refractivity contribution in [3.8, 4) is 11.5 Å². The van der Waals surface area contributed by atoms with Crippen LogP contribution in [0.2, 0.25) is 0 Å². The molecule has 0 aliphatic heterocycles. The van der Waals surface area contributed by atoms with E-state index in [1.165, 1.54) is 12.3 Å². The van der Waals surface area contributed by atoms with E-state index >= 15 is 0 Å². The van der Waals surface area contributed by atoms with Crippen LogP contribution in [0.3, 0.4) is 0 Å². The molecule has 34 heavy (non-hydrogen) atoms. The maximum atomic E-state index is 12.7. The summed E-state index contributed by atoms with van der Waals surface area (Å²) in [7, 11) is 3.19. The predicted molar refractivity (Wildman–Crippen MR) is 128 cm³/mol. The second-order valence-electron chi connectivity index (χ2n) is 7.45. The number of alkyl halides is 3. The number of carbonyl (C=O) groups is 1. The van der Waals surface area contributed by atoms with E-state index in [2.05, 4.69) is 5.32 Å². The van der Waals surface area contributed by atoms with Crippen molar-refractivity contribution in [1.29, 1.82) is 0 Å². The molecule has 0 atom stereocenters. The van der Waals surface area contributed by atoms with Crippen molar-refractivity contribution in [1.82, 2.24) is 0 Å². The topological polar surface area (TPSA) is 47.6 Å². The van der Waals surface area contributed by atoms with Crippen molar-refractivity contribution in [2.24, 2.45) is 0 Å². The van der Waals surface area contributed by atoms with Gasteiger partial charge in [0.15, 0.2) is 17.3 Å². The molecule has 0 aromatic heterocycles. The first-order valence-corrected chi connectivity index (χ1v) is 10.4. The Hall–Kier alpha value is -4.00. The minimum Gasteiger partial charge on any atom is -0.493 e. The number of ether oxygens (including phenoxy) is 2. The van der Waals surface area contributed by atoms with E-state index < -0.39 is 17.5 Å². The van der Waals surface area contributed by atoms with Crippen LogP contribution in [0.1, 0.15) is 32.6 Å². The first-order chi connectivity index (χ1) is 16.2. The highest BCUT2D eigenvalue weighted by molar-refractivity contribution is 6.04. The van der Waals surface area contributed by atoms with Crippen LogP contribution in [0.15, 0.2) is 72.9 Å². The summed E-state index contributed by atoms with van der Waals surface area (Å²) in [6.07, 6.45) is 2.20. The molecular weight excluding hydrogens is 443 g/mol. The molecule has 0 fully saturated rings. The van der Waals surface area contributed by atoms with Crippen LogP contribution in [0.4, 0.5) is 18.9 Å². The summed E-state index contributed by atoms with van der Waals surface area (Å²) in [5.74, 6) is 0.949. The fourth-order valence-electron chi connectivity index (χ4n) is 3.34. The number of benzene rings is 3. The first-order valence-electron chi connectivity index (χ1n) is 10.4. The van der Waals surface area contributed by atoms with Gasteiger partial charge in [0.05, 0.1) is 19.8 Å². The van der Waals surface area contributed by atoms with Gasteiger partial charge in [0.2, 0.25) is 0 Å². The number of hydrogen-bond acceptors (Lipinski definition) is 4. The van der Waals surface area contributed by atoms with Gasteiger partial charge in [0.25, 0.3) is 0 Å². The third-order valence-electron chi connectivity index (χ3n) is 5.02. The van der Waals surface area contributed by atoms with E-state index in [1.807, 2.05) is 55.5 Å². The second kappa shape index (κ2) is 10.7. The van der Waals surface area contributed by atoms with E-state index in [4.69, 9.17) is 9.47 Å². The van der Waals surface area contributed by atoms with E-state index in [0.29, 0.717) is 11.5 Å². The van der Waals surface area contributed by atoms with Gasteiger partial charge in [0, 0.05) is 23.5 Å². The average Bonchev–Trinajstić information content (AvgIpc) is 2.82. The van der Waals surface area contributed by atoms with E-state index in [0.717, 1.165) is 46.6 Å². The lowest BCUT2D eigenvalue weighted by Gasteiger charge is -2.11. The quantitative estimate of drug-likeness (QED) is 0.220. The minimum absolute atomic E-state index is 0.174. The third kappa shape index (κ3) is 6.28. The van der Waals surface area contributed by atoms with Gasteiger partial charge in [-0.3, -0.25) is 4.79 Å². The van der Waals surface area contributed by atoms with Gasteiger partial charge >= 0.3 is 6.18 Å². The zero-order chi connectivity index (χ0) is 24.7. The number of rotatable bonds is 8. The van der Waals surface area contributed by atoms with Crippen molar-refractivity contribution < 1.29 is 27.4 Å². The molecule has 3 aromatic carbocycles. The smallest absolute Gasteiger partial charge is 0.416 e. The van der Waals surface area contributed by atoms with E-state index in [1.54, 1.807) is 14.2 Å². The number of halogens is 3. The molecule has 0 saturated carbocycles. The fourth-order valence-corrected chi connectivity index (χ4v) is 3.34. The monoisotopic (exact) mass is 467 g/mol. The van der Waals surface area contributed by atoms with Crippen LogP contribution < -0.4 is 14.8 Å². The Balaban J connectivity index is 1.66. The number of nitrogens with one attached hydrogen (secondary N) is 1. The molecule has 0 aliphatic rings. The fraction of sp³-hybridized carbons (Fsp3) is 0.148. The molecule has 0 heterocycles. The van der Waals surface area contributed by atoms with Crippen molar-refractivity contribution in [2.45, 2.75) is 13.1 Å². The summed E-state index contributed by atoms with van der Waals surface area (Å²) >= 11 is 0. The number of methoxy groups -OCH3 is 2. The molecule has 0 unspecified atom stereocenters. The third-order valence-corrected chi connectivity index (χ3v) is 5.02. The lowest BCUT2D eigenvalue weighted by atomic mass is 10.1. The van der Waals surface area contributed by atoms with E-state index in [9.17, 15) is 18.0 Å². The molecule has 3 aromatic rings. The van der Waals surface area contributed by atoms with Crippen molar-refractivity contribution in [3.63, 3.8) is 0 Å². The van der Waals surface area contributed by atoms with Crippen molar-refractivity contribution in [2.75, 3.05) is 19.5 Å². The minimum atomic E-state index is -4.43. The Morgan fingerprint density at radius 2 is 1.62 bits per heavy atom. The Bertz CT molecular complexity index is 1210. The van der Waals surface area contributed by atoms with Gasteiger partial charge in [-0.05, 0) is 60.0 Å². The molecule has 7 heteroatoms. The Labute approximate surface area is 196 Å². The zero-order valence-electron chi connectivity index (χ0n) is 18.9. The summed E-state index contributed by atoms with van der Waals surface area (Å²) in [6.45, 7) is 1.95. The summed E-state index contributed by atoms with van der Waals surface area (Å²) in [6, 6.07) is 15.5. The van der Waals surface area contributed by atoms with Crippen LogP contribution in [-0.2, 0) is 6.18 Å². The molecule has 0 radical (unpaired) electrons. The molecule has 0 bridgehead atoms. The number of aryl methyl sites for hydroxylation is 1. The van der Waals surface area contributed by atoms with E-state index in [-0.39, 0.29) is 5.56 Å². The number of hydrogen-bond donors (Lipinski definition) is 1. The Morgan fingerprint density at radius 3 is 2.26 bits per heavy atom. The van der Waals surface area contributed by atoms with Gasteiger partial charge in [-0.25, -0.2) is 0 Å². The Morgan fingerprint density at radius 1 is 0.912 bits per heavy atom. The lowest BCUT2D eigenvalue weighted by molar-refractivity contribution is -0.137. The highest BCUT2D eigenvalue weighted by Gasteiger charge is 2.30. The molecule has 0 spiro atoms. The average molecular weight is 467 g/mol. The predicted octanol–water partition coefficient (Wildman–Crippen LogP) is 7.01. The van der Waals surface area contributed by atoms with Gasteiger partial charge in [-0.2, -0.15) is 13.2 Å². The van der Waals surface area contributed by atoms with Crippen LogP contribution in [0, 0.1) is 6.92 Å². The number of allylic oxidation sites excluding steroid dienone is 1. The highest BCUT2D eigenvalue weighted by Crippen LogP contribution is 2.32. The van der Waals surface area contributed by atoms with Crippen LogP contribution in [0.25, 0.3) is 12.2 Å². The molecule has 0 aliphatic carbocycles. The Kier molecular flexibility index (Phi) is 7.79. The van der Waals surface area contributed by atoms with Gasteiger partial charge in [-0.1, -0.05) is 36.4 Å². The zero-order valence-corrected chi connectivity index (χ0v) is 18.9. The van der Waals surface area contributed by atoms with Crippen molar-refractivity contribution >= 4 is 23.6 Å². The SMILES string of the molecule is COc1cc(/C=C\c2cccc(N/C=C\C(=O)c3ccc(C(F)(F)F)cc3)c2)cc(C)c1OC. The molecule has 0 amide bonds. The highest BCUT2D eigenvalue weighted by atomic mass is 19.4. The van der Waals surface area contributed by atoms with Crippen LogP contribution >= 0.6 is 0 Å². The lowest BCUT2D eigenvalue weighted by Crippen LogP contribution is -2.05. The van der Waals surface area contributed by atoms with Gasteiger partial charge in [0.1, 0.15) is 0 Å². The number of anilines is 1. The van der Waals surface area contributed by atoms with Crippen LogP contribution in [0.5, 0.6) is 11.5 Å². The largest absolute Gasteiger partial charge is 0.493 e. The number of carbonyl (C=O) groups excluding carboxylic acids is 1. The summed E-state index contributed by atoms with van der Waals surface area (Å²) in [5, 5.41) is 3.01. The summed E-state index contributed by atoms with van der Waals surface area (Å²) in [4.78, 5) is 12.2. The second-order valence-corrected chi connectivity index (χ2v) is 7.45. The van der Waals surface area contributed by atoms with Crippen molar-refractivity contribution in [3.05, 3.63) is 101 Å². The molecule has 1 N–H and O–H groups in total. The maximum absolute atomic E-state index is 12.7. The van der Waals surface area contributed by atoms with Gasteiger partial charge < -0.3 is 14.8 Å². The first kappa shape index (κ1) is 24.6. The molecular formula is C27H24F3NO3. The van der Waals surface area contributed by atoms with Gasteiger partial charge in [-0.15, -0.1) is 0 Å². The molecule has 3 rings (SSSR count).